The molecule has 0 aromatic heterocycles. The summed E-state index contributed by atoms with van der Waals surface area (Å²) >= 11 is 0. The summed E-state index contributed by atoms with van der Waals surface area (Å²) < 4.78 is 88.3. The molecule has 0 fully saturated rings. The van der Waals surface area contributed by atoms with Gasteiger partial charge in [0.15, 0.2) is 0 Å². The van der Waals surface area contributed by atoms with Crippen molar-refractivity contribution in [3.63, 3.8) is 0 Å². The van der Waals surface area contributed by atoms with Crippen LogP contribution in [0.2, 0.25) is 0 Å². The standard InChI is InChI=1S/C30H42O11S2/c1-5-15-36-21-27(23-40-42(31,32)29-11-7-25(3)8-12-29)38-19-17-35-18-20-39-28(22-37-16-6-2)24-41-43(33,34)30-13-9-26(4)10-14-30/h5-14,27-28H,1-2,15-24H2,3-4H3/t27-,28+. The van der Waals surface area contributed by atoms with Crippen molar-refractivity contribution >= 4 is 20.2 Å². The van der Waals surface area contributed by atoms with Crippen molar-refractivity contribution in [3.05, 3.63) is 85.0 Å². The van der Waals surface area contributed by atoms with Gasteiger partial charge in [0.05, 0.1) is 75.9 Å². The lowest BCUT2D eigenvalue weighted by Crippen LogP contribution is -2.30. The van der Waals surface area contributed by atoms with E-state index in [0.717, 1.165) is 11.1 Å². The van der Waals surface area contributed by atoms with Crippen molar-refractivity contribution in [1.29, 1.82) is 0 Å². The van der Waals surface area contributed by atoms with E-state index in [1.165, 1.54) is 24.3 Å². The number of ether oxygens (including phenoxy) is 5. The second-order valence-electron chi connectivity index (χ2n) is 9.35. The van der Waals surface area contributed by atoms with Crippen LogP contribution >= 0.6 is 0 Å². The zero-order valence-corrected chi connectivity index (χ0v) is 26.4. The van der Waals surface area contributed by atoms with Crippen LogP contribution in [0.25, 0.3) is 0 Å². The van der Waals surface area contributed by atoms with Crippen LogP contribution < -0.4 is 0 Å². The Morgan fingerprint density at radius 1 is 0.581 bits per heavy atom. The van der Waals surface area contributed by atoms with E-state index in [1.807, 2.05) is 13.8 Å². The number of benzene rings is 2. The second kappa shape index (κ2) is 19.7. The van der Waals surface area contributed by atoms with Gasteiger partial charge in [-0.2, -0.15) is 16.8 Å². The molecule has 11 nitrogen and oxygen atoms in total. The third kappa shape index (κ3) is 14.7. The SMILES string of the molecule is C=CCOC[C@H](COS(=O)(=O)c1ccc(C)cc1)OCCOCCO[C@@H](COCC=C)COS(=O)(=O)c1ccc(C)cc1. The number of hydrogen-bond acceptors (Lipinski definition) is 11. The predicted molar refractivity (Wildman–Crippen MR) is 161 cm³/mol. The Morgan fingerprint density at radius 2 is 0.953 bits per heavy atom. The molecule has 0 aliphatic heterocycles. The maximum Gasteiger partial charge on any atom is 0.297 e. The van der Waals surface area contributed by atoms with Gasteiger partial charge in [0, 0.05) is 0 Å². The van der Waals surface area contributed by atoms with Crippen molar-refractivity contribution < 1.29 is 48.9 Å². The van der Waals surface area contributed by atoms with Crippen molar-refractivity contribution in [2.45, 2.75) is 35.8 Å². The highest BCUT2D eigenvalue weighted by atomic mass is 32.2. The molecule has 43 heavy (non-hydrogen) atoms. The van der Waals surface area contributed by atoms with Gasteiger partial charge in [0.25, 0.3) is 20.2 Å². The van der Waals surface area contributed by atoms with Gasteiger partial charge < -0.3 is 23.7 Å². The zero-order chi connectivity index (χ0) is 31.6. The highest BCUT2D eigenvalue weighted by molar-refractivity contribution is 7.87. The minimum atomic E-state index is -3.96. The topological polar surface area (TPSA) is 133 Å². The molecule has 0 aliphatic carbocycles. The Balaban J connectivity index is 1.76. The summed E-state index contributed by atoms with van der Waals surface area (Å²) in [4.78, 5) is 0.108. The second-order valence-corrected chi connectivity index (χ2v) is 12.6. The Bertz CT molecular complexity index is 1190. The first-order valence-corrected chi connectivity index (χ1v) is 16.5. The number of aryl methyl sites for hydroxylation is 2. The van der Waals surface area contributed by atoms with Gasteiger partial charge in [-0.1, -0.05) is 47.5 Å². The normalized spacial score (nSPS) is 13.4. The van der Waals surface area contributed by atoms with Gasteiger partial charge in [0.1, 0.15) is 12.2 Å². The van der Waals surface area contributed by atoms with Crippen LogP contribution in [0.5, 0.6) is 0 Å². The van der Waals surface area contributed by atoms with Gasteiger partial charge in [0.2, 0.25) is 0 Å². The molecule has 0 heterocycles. The van der Waals surface area contributed by atoms with E-state index >= 15 is 0 Å². The third-order valence-corrected chi connectivity index (χ3v) is 8.27. The van der Waals surface area contributed by atoms with Crippen LogP contribution in [0.1, 0.15) is 11.1 Å². The summed E-state index contributed by atoms with van der Waals surface area (Å²) in [7, 11) is -7.92. The van der Waals surface area contributed by atoms with Crippen molar-refractivity contribution in [2.75, 3.05) is 66.1 Å². The van der Waals surface area contributed by atoms with Crippen LogP contribution in [0.4, 0.5) is 0 Å². The monoisotopic (exact) mass is 642 g/mol. The quantitative estimate of drug-likeness (QED) is 0.0945. The van der Waals surface area contributed by atoms with Gasteiger partial charge in [-0.25, -0.2) is 0 Å². The van der Waals surface area contributed by atoms with Crippen LogP contribution in [0, 0.1) is 13.8 Å². The minimum Gasteiger partial charge on any atom is -0.377 e. The van der Waals surface area contributed by atoms with Crippen LogP contribution in [-0.4, -0.2) is 95.1 Å². The van der Waals surface area contributed by atoms with Gasteiger partial charge >= 0.3 is 0 Å². The Labute approximate surface area is 255 Å². The molecule has 240 valence electrons. The molecule has 0 amide bonds. The number of hydrogen-bond donors (Lipinski definition) is 0. The minimum absolute atomic E-state index is 0.0542. The van der Waals surface area contributed by atoms with Crippen LogP contribution in [0.15, 0.2) is 83.6 Å². The maximum absolute atomic E-state index is 12.5. The molecule has 13 heteroatoms. The summed E-state index contributed by atoms with van der Waals surface area (Å²) in [5.74, 6) is 0. The fourth-order valence-electron chi connectivity index (χ4n) is 3.38. The Morgan fingerprint density at radius 3 is 1.30 bits per heavy atom. The van der Waals surface area contributed by atoms with Gasteiger partial charge in [-0.05, 0) is 38.1 Å². The lowest BCUT2D eigenvalue weighted by atomic mass is 10.2. The number of rotatable bonds is 24. The highest BCUT2D eigenvalue weighted by Gasteiger charge is 2.21. The van der Waals surface area contributed by atoms with Crippen LogP contribution in [0.3, 0.4) is 0 Å². The van der Waals surface area contributed by atoms with Crippen molar-refractivity contribution in [2.24, 2.45) is 0 Å². The van der Waals surface area contributed by atoms with Gasteiger partial charge in [-0.15, -0.1) is 13.2 Å². The lowest BCUT2D eigenvalue weighted by Gasteiger charge is -2.19. The van der Waals surface area contributed by atoms with E-state index in [1.54, 1.807) is 36.4 Å². The summed E-state index contributed by atoms with van der Waals surface area (Å²) in [6, 6.07) is 12.7. The van der Waals surface area contributed by atoms with E-state index in [-0.39, 0.29) is 75.9 Å². The molecule has 2 aromatic carbocycles. The van der Waals surface area contributed by atoms with Gasteiger partial charge in [-0.3, -0.25) is 8.37 Å². The average Bonchev–Trinajstić information content (AvgIpc) is 2.98. The first-order valence-electron chi connectivity index (χ1n) is 13.7. The summed E-state index contributed by atoms with van der Waals surface area (Å²) in [5.41, 5.74) is 1.86. The third-order valence-electron chi connectivity index (χ3n) is 5.68. The van der Waals surface area contributed by atoms with E-state index in [0.29, 0.717) is 0 Å². The predicted octanol–water partition coefficient (Wildman–Crippen LogP) is 3.61. The fraction of sp³-hybridized carbons (Fsp3) is 0.467. The van der Waals surface area contributed by atoms with E-state index in [9.17, 15) is 16.8 Å². The Kier molecular flexibility index (Phi) is 16.9. The molecule has 0 unspecified atom stereocenters. The summed E-state index contributed by atoms with van der Waals surface area (Å²) in [6.45, 7) is 11.8. The Hall–Kier alpha value is -2.46. The lowest BCUT2D eigenvalue weighted by molar-refractivity contribution is -0.0694. The maximum atomic E-state index is 12.5. The average molecular weight is 643 g/mol. The highest BCUT2D eigenvalue weighted by Crippen LogP contribution is 2.15. The molecule has 0 N–H and O–H groups in total. The molecular formula is C30H42O11S2. The molecule has 0 bridgehead atoms. The molecule has 0 aliphatic rings. The summed E-state index contributed by atoms with van der Waals surface area (Å²) in [6.07, 6.45) is 1.81. The molecule has 2 rings (SSSR count). The molecule has 0 saturated carbocycles. The van der Waals surface area contributed by atoms with Crippen molar-refractivity contribution in [3.8, 4) is 0 Å². The van der Waals surface area contributed by atoms with E-state index in [4.69, 9.17) is 32.1 Å². The molecular weight excluding hydrogens is 600 g/mol. The van der Waals surface area contributed by atoms with E-state index in [2.05, 4.69) is 13.2 Å². The molecule has 2 aromatic rings. The van der Waals surface area contributed by atoms with E-state index < -0.39 is 32.4 Å². The summed E-state index contributed by atoms with van der Waals surface area (Å²) in [5, 5.41) is 0. The first-order chi connectivity index (χ1) is 20.6. The molecule has 0 radical (unpaired) electrons. The first kappa shape index (κ1) is 36.7. The van der Waals surface area contributed by atoms with Crippen LogP contribution in [-0.2, 0) is 52.3 Å². The smallest absolute Gasteiger partial charge is 0.297 e. The largest absolute Gasteiger partial charge is 0.377 e. The fourth-order valence-corrected chi connectivity index (χ4v) is 5.25. The molecule has 2 atom stereocenters. The molecule has 0 saturated heterocycles. The molecule has 0 spiro atoms. The zero-order valence-electron chi connectivity index (χ0n) is 24.7. The van der Waals surface area contributed by atoms with Crippen molar-refractivity contribution in [1.82, 2.24) is 0 Å².